The van der Waals surface area contributed by atoms with Crippen LogP contribution in [0.15, 0.2) is 18.5 Å². The summed E-state index contributed by atoms with van der Waals surface area (Å²) in [6, 6.07) is 1.78. The van der Waals surface area contributed by atoms with Gasteiger partial charge in [-0.15, -0.1) is 0 Å². The number of aryl methyl sites for hydroxylation is 2. The third-order valence-corrected chi connectivity index (χ3v) is 5.36. The van der Waals surface area contributed by atoms with E-state index in [-0.39, 0.29) is 12.3 Å². The van der Waals surface area contributed by atoms with E-state index in [9.17, 15) is 8.42 Å². The first-order chi connectivity index (χ1) is 10.6. The number of hydrogen-bond acceptors (Lipinski definition) is 4. The highest BCUT2D eigenvalue weighted by Crippen LogP contribution is 2.23. The topological polar surface area (TPSA) is 81.8 Å². The molecule has 0 aromatic carbocycles. The van der Waals surface area contributed by atoms with E-state index in [0.29, 0.717) is 6.54 Å². The Hall–Kier alpha value is -1.67. The minimum atomic E-state index is -3.33. The summed E-state index contributed by atoms with van der Waals surface area (Å²) in [5.74, 6) is 0.0176. The molecule has 2 aromatic rings. The fourth-order valence-corrected chi connectivity index (χ4v) is 3.83. The van der Waals surface area contributed by atoms with Crippen LogP contribution in [0.4, 0.5) is 0 Å². The van der Waals surface area contributed by atoms with Crippen molar-refractivity contribution in [3.05, 3.63) is 35.4 Å². The zero-order valence-corrected chi connectivity index (χ0v) is 13.5. The van der Waals surface area contributed by atoms with Gasteiger partial charge in [0, 0.05) is 25.1 Å². The highest BCUT2D eigenvalue weighted by Gasteiger charge is 2.20. The van der Waals surface area contributed by atoms with Crippen LogP contribution in [0.2, 0.25) is 0 Å². The lowest BCUT2D eigenvalue weighted by Gasteiger charge is -2.12. The van der Waals surface area contributed by atoms with Crippen molar-refractivity contribution in [2.75, 3.05) is 5.75 Å². The summed E-state index contributed by atoms with van der Waals surface area (Å²) < 4.78 is 30.3. The summed E-state index contributed by atoms with van der Waals surface area (Å²) >= 11 is 0. The molecule has 3 rings (SSSR count). The monoisotopic (exact) mass is 323 g/mol. The number of nitrogens with zero attached hydrogens (tertiary/aromatic N) is 4. The second kappa shape index (κ2) is 6.21. The lowest BCUT2D eigenvalue weighted by atomic mass is 9.96. The van der Waals surface area contributed by atoms with E-state index in [1.165, 1.54) is 17.7 Å². The van der Waals surface area contributed by atoms with Crippen LogP contribution in [0.3, 0.4) is 0 Å². The van der Waals surface area contributed by atoms with E-state index in [2.05, 4.69) is 14.9 Å². The quantitative estimate of drug-likeness (QED) is 0.845. The van der Waals surface area contributed by atoms with Gasteiger partial charge in [0.15, 0.2) is 0 Å². The Bertz CT molecular complexity index is 734. The van der Waals surface area contributed by atoms with E-state index in [0.717, 1.165) is 25.0 Å². The normalized spacial score (nSPS) is 15.0. The average molecular weight is 323 g/mol. The molecule has 0 amide bonds. The molecule has 0 unspecified atom stereocenters. The summed E-state index contributed by atoms with van der Waals surface area (Å²) in [5, 5.41) is 8.48. The molecule has 0 spiro atoms. The number of sulfonamides is 1. The molecular weight excluding hydrogens is 302 g/mol. The van der Waals surface area contributed by atoms with E-state index >= 15 is 0 Å². The van der Waals surface area contributed by atoms with Crippen molar-refractivity contribution in [1.29, 1.82) is 0 Å². The van der Waals surface area contributed by atoms with Crippen molar-refractivity contribution in [2.24, 2.45) is 7.05 Å². The van der Waals surface area contributed by atoms with E-state index in [4.69, 9.17) is 0 Å². The van der Waals surface area contributed by atoms with Crippen molar-refractivity contribution in [2.45, 2.75) is 38.8 Å². The number of fused-ring (bicyclic) bond motifs is 1. The van der Waals surface area contributed by atoms with Gasteiger partial charge in [0.2, 0.25) is 10.0 Å². The Kier molecular flexibility index (Phi) is 4.30. The maximum atomic E-state index is 12.1. The van der Waals surface area contributed by atoms with Crippen molar-refractivity contribution >= 4 is 10.0 Å². The Morgan fingerprint density at radius 2 is 2.14 bits per heavy atom. The van der Waals surface area contributed by atoms with Crippen molar-refractivity contribution < 1.29 is 8.42 Å². The fourth-order valence-electron chi connectivity index (χ4n) is 2.90. The van der Waals surface area contributed by atoms with Gasteiger partial charge < -0.3 is 0 Å². The Morgan fingerprint density at radius 1 is 1.32 bits per heavy atom. The van der Waals surface area contributed by atoms with Crippen LogP contribution in [0.25, 0.3) is 0 Å². The molecule has 0 radical (unpaired) electrons. The predicted molar refractivity (Wildman–Crippen MR) is 82.7 cm³/mol. The Labute approximate surface area is 130 Å². The minimum absolute atomic E-state index is 0.0176. The first-order valence-corrected chi connectivity index (χ1v) is 9.19. The molecule has 0 bridgehead atoms. The van der Waals surface area contributed by atoms with Crippen LogP contribution in [-0.2, 0) is 43.0 Å². The second-order valence-electron chi connectivity index (χ2n) is 5.61. The SMILES string of the molecule is Cn1nc(CNS(=O)(=O)CCn2cccn2)c2c1CCCC2. The van der Waals surface area contributed by atoms with Gasteiger partial charge in [0.1, 0.15) is 0 Å². The van der Waals surface area contributed by atoms with Gasteiger partial charge >= 0.3 is 0 Å². The zero-order chi connectivity index (χ0) is 15.6. The molecule has 2 aromatic heterocycles. The smallest absolute Gasteiger partial charge is 0.213 e. The maximum absolute atomic E-state index is 12.1. The van der Waals surface area contributed by atoms with Crippen molar-refractivity contribution in [3.63, 3.8) is 0 Å². The van der Waals surface area contributed by atoms with Crippen molar-refractivity contribution in [3.8, 4) is 0 Å². The van der Waals surface area contributed by atoms with Gasteiger partial charge in [0.25, 0.3) is 0 Å². The van der Waals surface area contributed by atoms with Crippen LogP contribution in [0.5, 0.6) is 0 Å². The number of hydrogen-bond donors (Lipinski definition) is 1. The highest BCUT2D eigenvalue weighted by atomic mass is 32.2. The molecule has 120 valence electrons. The molecule has 2 heterocycles. The molecule has 8 heteroatoms. The molecule has 1 aliphatic carbocycles. The van der Waals surface area contributed by atoms with E-state index < -0.39 is 10.0 Å². The standard InChI is InChI=1S/C14H21N5O2S/c1-18-14-6-3-2-5-12(14)13(17-18)11-16-22(20,21)10-9-19-8-4-7-15-19/h4,7-8,16H,2-3,5-6,9-11H2,1H3. The molecule has 0 fully saturated rings. The second-order valence-corrected chi connectivity index (χ2v) is 7.54. The molecule has 0 saturated carbocycles. The van der Waals surface area contributed by atoms with Crippen LogP contribution < -0.4 is 4.72 Å². The Balaban J connectivity index is 1.62. The molecule has 0 aliphatic heterocycles. The van der Waals surface area contributed by atoms with E-state index in [1.807, 2.05) is 11.7 Å². The van der Waals surface area contributed by atoms with Gasteiger partial charge in [-0.25, -0.2) is 13.1 Å². The Morgan fingerprint density at radius 3 is 2.91 bits per heavy atom. The molecule has 1 aliphatic rings. The van der Waals surface area contributed by atoms with Gasteiger partial charge in [-0.05, 0) is 37.3 Å². The highest BCUT2D eigenvalue weighted by molar-refractivity contribution is 7.89. The van der Waals surface area contributed by atoms with E-state index in [1.54, 1.807) is 23.1 Å². The summed E-state index contributed by atoms with van der Waals surface area (Å²) in [6.07, 6.45) is 7.75. The van der Waals surface area contributed by atoms with Gasteiger partial charge in [-0.3, -0.25) is 9.36 Å². The number of rotatable bonds is 6. The molecule has 1 N–H and O–H groups in total. The molecule has 0 atom stereocenters. The van der Waals surface area contributed by atoms with Crippen LogP contribution >= 0.6 is 0 Å². The molecule has 22 heavy (non-hydrogen) atoms. The van der Waals surface area contributed by atoms with Crippen molar-refractivity contribution in [1.82, 2.24) is 24.3 Å². The lowest BCUT2D eigenvalue weighted by Crippen LogP contribution is -2.28. The summed E-state index contributed by atoms with van der Waals surface area (Å²) in [6.45, 7) is 0.618. The third kappa shape index (κ3) is 3.38. The lowest BCUT2D eigenvalue weighted by molar-refractivity contribution is 0.565. The number of aromatic nitrogens is 4. The summed E-state index contributed by atoms with van der Waals surface area (Å²) in [5.41, 5.74) is 3.33. The molecule has 7 nitrogen and oxygen atoms in total. The third-order valence-electron chi connectivity index (χ3n) is 4.06. The van der Waals surface area contributed by atoms with Gasteiger partial charge in [-0.1, -0.05) is 0 Å². The van der Waals surface area contributed by atoms with Gasteiger partial charge in [-0.2, -0.15) is 10.2 Å². The first-order valence-electron chi connectivity index (χ1n) is 7.53. The number of nitrogens with one attached hydrogen (secondary N) is 1. The maximum Gasteiger partial charge on any atom is 0.213 e. The van der Waals surface area contributed by atoms with Crippen LogP contribution in [0, 0.1) is 0 Å². The zero-order valence-electron chi connectivity index (χ0n) is 12.7. The van der Waals surface area contributed by atoms with Crippen LogP contribution in [-0.4, -0.2) is 33.7 Å². The average Bonchev–Trinajstić information content (AvgIpc) is 3.12. The van der Waals surface area contributed by atoms with Crippen LogP contribution in [0.1, 0.15) is 29.8 Å². The summed E-state index contributed by atoms with van der Waals surface area (Å²) in [4.78, 5) is 0. The van der Waals surface area contributed by atoms with Gasteiger partial charge in [0.05, 0.1) is 24.5 Å². The molecule has 0 saturated heterocycles. The first kappa shape index (κ1) is 15.2. The minimum Gasteiger partial charge on any atom is -0.272 e. The summed E-state index contributed by atoms with van der Waals surface area (Å²) in [7, 11) is -1.40. The largest absolute Gasteiger partial charge is 0.272 e. The predicted octanol–water partition coefficient (Wildman–Crippen LogP) is 0.615. The molecular formula is C14H21N5O2S. The fraction of sp³-hybridized carbons (Fsp3) is 0.571.